The van der Waals surface area contributed by atoms with Gasteiger partial charge in [-0.15, -0.1) is 5.10 Å². The Bertz CT molecular complexity index is 743. The molecule has 126 valence electrons. The fourth-order valence-electron chi connectivity index (χ4n) is 3.12. The highest BCUT2D eigenvalue weighted by Crippen LogP contribution is 2.33. The molecular weight excluding hydrogens is 328 g/mol. The quantitative estimate of drug-likeness (QED) is 0.608. The van der Waals surface area contributed by atoms with Gasteiger partial charge in [0.2, 0.25) is 11.9 Å². The Balaban J connectivity index is 1.42. The minimum atomic E-state index is 0.0245. The maximum atomic E-state index is 12.4. The van der Waals surface area contributed by atoms with Crippen LogP contribution in [0.5, 0.6) is 11.5 Å². The van der Waals surface area contributed by atoms with Gasteiger partial charge in [-0.3, -0.25) is 4.79 Å². The number of Topliss-reactive ketones (excluding diaryl/α,β-unsaturated/α-hetero) is 1. The molecule has 0 amide bonds. The van der Waals surface area contributed by atoms with Crippen LogP contribution in [0.2, 0.25) is 0 Å². The fourth-order valence-corrected chi connectivity index (χ4v) is 3.96. The molecular formula is C16H18N4O3S. The summed E-state index contributed by atoms with van der Waals surface area (Å²) in [7, 11) is 0. The van der Waals surface area contributed by atoms with Gasteiger partial charge in [-0.2, -0.15) is 0 Å². The molecule has 1 aromatic heterocycles. The lowest BCUT2D eigenvalue weighted by molar-refractivity contribution is 0.102. The molecule has 4 rings (SSSR count). The first-order valence-electron chi connectivity index (χ1n) is 8.15. The van der Waals surface area contributed by atoms with Gasteiger partial charge in [0.05, 0.1) is 11.8 Å². The summed E-state index contributed by atoms with van der Waals surface area (Å²) in [5.41, 5.74) is 0.614. The molecule has 0 bridgehead atoms. The molecule has 0 spiro atoms. The van der Waals surface area contributed by atoms with Crippen LogP contribution >= 0.6 is 11.8 Å². The van der Waals surface area contributed by atoms with Crippen LogP contribution in [0.3, 0.4) is 0 Å². The summed E-state index contributed by atoms with van der Waals surface area (Å²) >= 11 is 1.39. The van der Waals surface area contributed by atoms with Crippen LogP contribution in [0.4, 0.5) is 0 Å². The van der Waals surface area contributed by atoms with Gasteiger partial charge in [0.15, 0.2) is 17.3 Å². The first-order valence-corrected chi connectivity index (χ1v) is 9.13. The predicted octanol–water partition coefficient (Wildman–Crippen LogP) is 2.88. The number of benzene rings is 1. The number of rotatable bonds is 5. The number of fused-ring (bicyclic) bond motifs is 1. The van der Waals surface area contributed by atoms with Crippen molar-refractivity contribution in [2.24, 2.45) is 0 Å². The number of carbonyl (C=O) groups excluding carboxylic acids is 1. The zero-order chi connectivity index (χ0) is 16.4. The average molecular weight is 346 g/mol. The molecule has 1 fully saturated rings. The maximum Gasteiger partial charge on any atom is 0.231 e. The van der Waals surface area contributed by atoms with Crippen molar-refractivity contribution in [3.8, 4) is 11.5 Å². The lowest BCUT2D eigenvalue weighted by atomic mass is 9.96. The molecule has 7 nitrogen and oxygen atoms in total. The van der Waals surface area contributed by atoms with Crippen molar-refractivity contribution in [3.05, 3.63) is 23.8 Å². The van der Waals surface area contributed by atoms with Crippen molar-refractivity contribution in [2.45, 2.75) is 43.3 Å². The Hall–Kier alpha value is -2.09. The molecule has 1 aliphatic heterocycles. The smallest absolute Gasteiger partial charge is 0.231 e. The molecule has 0 N–H and O–H groups in total. The van der Waals surface area contributed by atoms with E-state index in [1.165, 1.54) is 31.0 Å². The van der Waals surface area contributed by atoms with Crippen LogP contribution in [0.25, 0.3) is 0 Å². The van der Waals surface area contributed by atoms with E-state index in [4.69, 9.17) is 9.47 Å². The van der Waals surface area contributed by atoms with Crippen LogP contribution in [0.15, 0.2) is 23.4 Å². The van der Waals surface area contributed by atoms with Gasteiger partial charge < -0.3 is 9.47 Å². The number of tetrazole rings is 1. The van der Waals surface area contributed by atoms with Gasteiger partial charge in [-0.1, -0.05) is 31.0 Å². The second-order valence-corrected chi connectivity index (χ2v) is 6.92. The van der Waals surface area contributed by atoms with Crippen LogP contribution in [0.1, 0.15) is 48.5 Å². The third-order valence-electron chi connectivity index (χ3n) is 4.41. The van der Waals surface area contributed by atoms with Crippen molar-refractivity contribution < 1.29 is 14.3 Å². The zero-order valence-electron chi connectivity index (χ0n) is 13.2. The summed E-state index contributed by atoms with van der Waals surface area (Å²) in [4.78, 5) is 12.4. The van der Waals surface area contributed by atoms with E-state index in [-0.39, 0.29) is 12.6 Å². The lowest BCUT2D eigenvalue weighted by Gasteiger charge is -2.21. The monoisotopic (exact) mass is 346 g/mol. The van der Waals surface area contributed by atoms with E-state index in [1.54, 1.807) is 18.2 Å². The Morgan fingerprint density at radius 2 is 2.04 bits per heavy atom. The summed E-state index contributed by atoms with van der Waals surface area (Å²) < 4.78 is 12.5. The van der Waals surface area contributed by atoms with Crippen molar-refractivity contribution >= 4 is 17.5 Å². The Morgan fingerprint density at radius 3 is 2.92 bits per heavy atom. The van der Waals surface area contributed by atoms with Gasteiger partial charge in [0.1, 0.15) is 0 Å². The van der Waals surface area contributed by atoms with Gasteiger partial charge >= 0.3 is 0 Å². The maximum absolute atomic E-state index is 12.4. The molecule has 2 aliphatic rings. The van der Waals surface area contributed by atoms with Gasteiger partial charge in [-0.25, -0.2) is 4.68 Å². The minimum Gasteiger partial charge on any atom is -0.454 e. The van der Waals surface area contributed by atoms with E-state index >= 15 is 0 Å². The van der Waals surface area contributed by atoms with E-state index in [1.807, 2.05) is 4.68 Å². The van der Waals surface area contributed by atoms with Crippen molar-refractivity contribution in [1.29, 1.82) is 0 Å². The molecule has 0 radical (unpaired) electrons. The van der Waals surface area contributed by atoms with Crippen molar-refractivity contribution in [2.75, 3.05) is 12.5 Å². The number of carbonyl (C=O) groups is 1. The topological polar surface area (TPSA) is 79.1 Å². The largest absolute Gasteiger partial charge is 0.454 e. The fraction of sp³-hybridized carbons (Fsp3) is 0.500. The molecule has 2 heterocycles. The second-order valence-electron chi connectivity index (χ2n) is 5.98. The normalized spacial score (nSPS) is 17.2. The van der Waals surface area contributed by atoms with E-state index in [0.29, 0.717) is 28.9 Å². The standard InChI is InChI=1S/C16H18N4O3S/c21-13(11-6-7-14-15(8-11)23-10-22-14)9-24-16-17-18-19-20(16)12-4-2-1-3-5-12/h6-8,12H,1-5,9-10H2. The summed E-state index contributed by atoms with van der Waals surface area (Å²) in [5.74, 6) is 1.63. The summed E-state index contributed by atoms with van der Waals surface area (Å²) in [6.45, 7) is 0.206. The number of ketones is 1. The highest BCUT2D eigenvalue weighted by molar-refractivity contribution is 7.99. The lowest BCUT2D eigenvalue weighted by Crippen LogP contribution is -2.15. The minimum absolute atomic E-state index is 0.0245. The van der Waals surface area contributed by atoms with E-state index in [2.05, 4.69) is 15.5 Å². The molecule has 0 unspecified atom stereocenters. The van der Waals surface area contributed by atoms with Crippen LogP contribution in [-0.2, 0) is 0 Å². The molecule has 24 heavy (non-hydrogen) atoms. The molecule has 2 aromatic rings. The molecule has 8 heteroatoms. The Morgan fingerprint density at radius 1 is 1.21 bits per heavy atom. The number of thioether (sulfide) groups is 1. The number of hydrogen-bond donors (Lipinski definition) is 0. The molecule has 1 aromatic carbocycles. The van der Waals surface area contributed by atoms with E-state index in [9.17, 15) is 4.79 Å². The molecule has 1 aliphatic carbocycles. The number of hydrogen-bond acceptors (Lipinski definition) is 7. The van der Waals surface area contributed by atoms with Crippen molar-refractivity contribution in [1.82, 2.24) is 20.2 Å². The van der Waals surface area contributed by atoms with Gasteiger partial charge in [-0.05, 0) is 41.5 Å². The second kappa shape index (κ2) is 6.80. The first-order chi connectivity index (χ1) is 11.8. The summed E-state index contributed by atoms with van der Waals surface area (Å²) in [6, 6.07) is 5.62. The zero-order valence-corrected chi connectivity index (χ0v) is 14.0. The number of nitrogens with zero attached hydrogens (tertiary/aromatic N) is 4. The molecule has 0 saturated heterocycles. The Labute approximate surface area is 143 Å². The van der Waals surface area contributed by atoms with Crippen LogP contribution in [0, 0.1) is 0 Å². The number of aromatic nitrogens is 4. The van der Waals surface area contributed by atoms with Crippen LogP contribution in [-0.4, -0.2) is 38.5 Å². The van der Waals surface area contributed by atoms with Gasteiger partial charge in [0.25, 0.3) is 0 Å². The van der Waals surface area contributed by atoms with Crippen molar-refractivity contribution in [3.63, 3.8) is 0 Å². The highest BCUT2D eigenvalue weighted by Gasteiger charge is 2.21. The SMILES string of the molecule is O=C(CSc1nnnn1C1CCCCC1)c1ccc2c(c1)OCO2. The third kappa shape index (κ3) is 3.10. The first kappa shape index (κ1) is 15.4. The predicted molar refractivity (Wildman–Crippen MR) is 87.6 cm³/mol. The molecule has 1 saturated carbocycles. The van der Waals surface area contributed by atoms with Gasteiger partial charge in [0, 0.05) is 5.56 Å². The number of ether oxygens (including phenoxy) is 2. The highest BCUT2D eigenvalue weighted by atomic mass is 32.2. The van der Waals surface area contributed by atoms with E-state index in [0.717, 1.165) is 18.0 Å². The molecule has 0 atom stereocenters. The third-order valence-corrected chi connectivity index (χ3v) is 5.34. The Kier molecular flexibility index (Phi) is 4.38. The van der Waals surface area contributed by atoms with E-state index < -0.39 is 0 Å². The average Bonchev–Trinajstić information content (AvgIpc) is 3.28. The summed E-state index contributed by atoms with van der Waals surface area (Å²) in [5, 5.41) is 12.7. The van der Waals surface area contributed by atoms with Crippen LogP contribution < -0.4 is 9.47 Å². The summed E-state index contributed by atoms with van der Waals surface area (Å²) in [6.07, 6.45) is 5.92.